The van der Waals surface area contributed by atoms with E-state index in [0.717, 1.165) is 0 Å². The number of rotatable bonds is 5. The SMILES string of the molecule is CC1=CC[C]([Zr]([C]2=C(C)C(C)=CC2)[SiH](c2ccccc2)c2ccccc2)=C1C.Cl.Cl. The Morgan fingerprint density at radius 3 is 1.27 bits per heavy atom. The number of hydrogen-bond acceptors (Lipinski definition) is 0. The maximum atomic E-state index is 2.48. The second-order valence-electron chi connectivity index (χ2n) is 8.06. The normalized spacial score (nSPS) is 15.6. The van der Waals surface area contributed by atoms with Gasteiger partial charge in [0.25, 0.3) is 0 Å². The van der Waals surface area contributed by atoms with E-state index in [1.165, 1.54) is 24.0 Å². The molecule has 0 aromatic heterocycles. The fourth-order valence-corrected chi connectivity index (χ4v) is 29.8. The Labute approximate surface area is 202 Å². The van der Waals surface area contributed by atoms with E-state index in [1.54, 1.807) is 21.5 Å². The van der Waals surface area contributed by atoms with Crippen LogP contribution < -0.4 is 10.4 Å². The van der Waals surface area contributed by atoms with E-state index in [9.17, 15) is 0 Å². The fraction of sp³-hybridized carbons (Fsp3) is 0.231. The van der Waals surface area contributed by atoms with Gasteiger partial charge >= 0.3 is 179 Å². The smallest absolute Gasteiger partial charge is 0.147 e. The average molecular weight is 534 g/mol. The molecular formula is C26H31Cl2SiZr. The van der Waals surface area contributed by atoms with Crippen LogP contribution in [0.5, 0.6) is 0 Å². The van der Waals surface area contributed by atoms with Gasteiger partial charge in [-0.3, -0.25) is 0 Å². The van der Waals surface area contributed by atoms with Crippen LogP contribution in [-0.2, 0) is 20.9 Å². The largest absolute Gasteiger partial charge is 0.147 e. The molecular weight excluding hydrogens is 503 g/mol. The molecule has 0 radical (unpaired) electrons. The molecule has 0 unspecified atom stereocenters. The zero-order chi connectivity index (χ0) is 19.7. The van der Waals surface area contributed by atoms with Gasteiger partial charge in [0.1, 0.15) is 0 Å². The Morgan fingerprint density at radius 1 is 0.600 bits per heavy atom. The van der Waals surface area contributed by atoms with Crippen molar-refractivity contribution < 1.29 is 20.9 Å². The molecule has 4 rings (SSSR count). The van der Waals surface area contributed by atoms with E-state index in [0.29, 0.717) is 0 Å². The van der Waals surface area contributed by atoms with Crippen molar-refractivity contribution >= 4 is 41.1 Å². The van der Waals surface area contributed by atoms with Gasteiger partial charge in [-0.1, -0.05) is 0 Å². The Morgan fingerprint density at radius 2 is 0.967 bits per heavy atom. The molecule has 157 valence electrons. The van der Waals surface area contributed by atoms with E-state index in [4.69, 9.17) is 0 Å². The molecule has 0 atom stereocenters. The first-order valence-electron chi connectivity index (χ1n) is 10.3. The maximum absolute atomic E-state index is 2.48. The molecule has 2 aliphatic rings. The monoisotopic (exact) mass is 531 g/mol. The van der Waals surface area contributed by atoms with E-state index < -0.39 is 26.8 Å². The maximum Gasteiger partial charge on any atom is -0.147 e. The standard InChI is InChI=1S/C12H11Si.2C7H9.2ClH.Zr/c1-3-7-11(8-4-1)13-12-9-5-2-6-10-12;2*1-6-4-3-5-7(6)2;;;/h1-10,13H;2*4H,3H2,1-2H3;2*1H;. The quantitative estimate of drug-likeness (QED) is 0.400. The molecule has 0 amide bonds. The summed E-state index contributed by atoms with van der Waals surface area (Å²) in [7, 11) is 0. The Hall–Kier alpha value is -0.920. The molecule has 2 aromatic rings. The van der Waals surface area contributed by atoms with E-state index in [1.807, 2.05) is 6.56 Å². The zero-order valence-corrected chi connectivity index (χ0v) is 23.5. The van der Waals surface area contributed by atoms with Crippen LogP contribution in [0.15, 0.2) is 102 Å². The first-order chi connectivity index (χ1) is 13.6. The number of benzene rings is 2. The summed E-state index contributed by atoms with van der Waals surface area (Å²) in [6, 6.07) is 23.0. The van der Waals surface area contributed by atoms with Crippen molar-refractivity contribution in [1.29, 1.82) is 0 Å². The van der Waals surface area contributed by atoms with Crippen molar-refractivity contribution in [2.45, 2.75) is 40.5 Å². The molecule has 0 bridgehead atoms. The van der Waals surface area contributed by atoms with Crippen LogP contribution in [0.1, 0.15) is 40.5 Å². The molecule has 30 heavy (non-hydrogen) atoms. The number of allylic oxidation sites excluding steroid dienone is 8. The average Bonchev–Trinajstić information content (AvgIpc) is 3.23. The summed E-state index contributed by atoms with van der Waals surface area (Å²) in [6.07, 6.45) is 7.37. The van der Waals surface area contributed by atoms with Crippen molar-refractivity contribution in [3.8, 4) is 0 Å². The molecule has 2 aromatic carbocycles. The molecule has 0 fully saturated rings. The second-order valence-corrected chi connectivity index (χ2v) is 22.9. The van der Waals surface area contributed by atoms with Crippen LogP contribution in [-0.4, -0.2) is 5.92 Å². The van der Waals surface area contributed by atoms with Crippen molar-refractivity contribution in [3.05, 3.63) is 102 Å². The number of halogens is 2. The minimum atomic E-state index is -2.08. The van der Waals surface area contributed by atoms with Crippen LogP contribution in [0.2, 0.25) is 0 Å². The summed E-state index contributed by atoms with van der Waals surface area (Å²) in [5, 5.41) is 3.27. The van der Waals surface area contributed by atoms with Gasteiger partial charge in [0.2, 0.25) is 0 Å². The molecule has 0 spiro atoms. The third-order valence-electron chi connectivity index (χ3n) is 6.52. The van der Waals surface area contributed by atoms with Crippen LogP contribution in [0.4, 0.5) is 0 Å². The minimum absolute atomic E-state index is 0. The minimum Gasteiger partial charge on any atom is -0.147 e. The molecule has 0 aliphatic heterocycles. The topological polar surface area (TPSA) is 0 Å². The Bertz CT molecular complexity index is 922. The van der Waals surface area contributed by atoms with E-state index >= 15 is 0 Å². The third-order valence-corrected chi connectivity index (χ3v) is 28.5. The summed E-state index contributed by atoms with van der Waals surface area (Å²) in [5.74, 6) is -1.29. The molecule has 4 heteroatoms. The third kappa shape index (κ3) is 4.94. The van der Waals surface area contributed by atoms with Gasteiger partial charge in [0.15, 0.2) is 0 Å². The Balaban J connectivity index is 0.00000160. The second kappa shape index (κ2) is 11.1. The molecule has 0 N–H and O–H groups in total. The summed E-state index contributed by atoms with van der Waals surface area (Å²) < 4.78 is 3.73. The fourth-order valence-electron chi connectivity index (χ4n) is 4.57. The molecule has 0 saturated carbocycles. The number of hydrogen-bond donors (Lipinski definition) is 0. The summed E-state index contributed by atoms with van der Waals surface area (Å²) in [4.78, 5) is 0. The van der Waals surface area contributed by atoms with Crippen LogP contribution in [0.25, 0.3) is 0 Å². The van der Waals surface area contributed by atoms with Crippen LogP contribution in [0.3, 0.4) is 0 Å². The van der Waals surface area contributed by atoms with Crippen molar-refractivity contribution in [1.82, 2.24) is 0 Å². The van der Waals surface area contributed by atoms with Gasteiger partial charge in [0.05, 0.1) is 0 Å². The molecule has 2 aliphatic carbocycles. The van der Waals surface area contributed by atoms with Crippen LogP contribution >= 0.6 is 24.8 Å². The molecule has 0 saturated heterocycles. The van der Waals surface area contributed by atoms with Crippen LogP contribution in [0, 0.1) is 0 Å². The summed E-state index contributed by atoms with van der Waals surface area (Å²) in [5.41, 5.74) is 6.26. The van der Waals surface area contributed by atoms with Gasteiger partial charge in [-0.15, -0.1) is 24.8 Å². The molecule has 0 nitrogen and oxygen atoms in total. The molecule has 0 heterocycles. The predicted octanol–water partition coefficient (Wildman–Crippen LogP) is 6.23. The van der Waals surface area contributed by atoms with Crippen molar-refractivity contribution in [2.24, 2.45) is 0 Å². The van der Waals surface area contributed by atoms with Gasteiger partial charge in [0, 0.05) is 0 Å². The zero-order valence-electron chi connectivity index (χ0n) is 18.2. The van der Waals surface area contributed by atoms with Crippen molar-refractivity contribution in [3.63, 3.8) is 0 Å². The van der Waals surface area contributed by atoms with Crippen molar-refractivity contribution in [2.75, 3.05) is 0 Å². The van der Waals surface area contributed by atoms with Gasteiger partial charge in [-0.2, -0.15) is 0 Å². The van der Waals surface area contributed by atoms with Gasteiger partial charge < -0.3 is 0 Å². The van der Waals surface area contributed by atoms with Gasteiger partial charge in [-0.25, -0.2) is 0 Å². The summed E-state index contributed by atoms with van der Waals surface area (Å²) >= 11 is -2.08. The van der Waals surface area contributed by atoms with Gasteiger partial charge in [-0.05, 0) is 0 Å². The summed E-state index contributed by atoms with van der Waals surface area (Å²) in [6.45, 7) is 9.40. The predicted molar refractivity (Wildman–Crippen MR) is 136 cm³/mol. The Kier molecular flexibility index (Phi) is 9.37. The van der Waals surface area contributed by atoms with E-state index in [-0.39, 0.29) is 24.8 Å². The van der Waals surface area contributed by atoms with E-state index in [2.05, 4.69) is 101 Å². The first-order valence-corrected chi connectivity index (χ1v) is 18.7. The first kappa shape index (κ1) is 25.3.